The third kappa shape index (κ3) is 3.93. The highest BCUT2D eigenvalue weighted by molar-refractivity contribution is 5.83. The monoisotopic (exact) mass is 270 g/mol. The second-order valence-corrected chi connectivity index (χ2v) is 5.66. The second kappa shape index (κ2) is 6.89. The number of nitrogens with one attached hydrogen (secondary N) is 1. The number of hydrogen-bond donors (Lipinski definition) is 2. The van der Waals surface area contributed by atoms with Crippen molar-refractivity contribution in [3.05, 3.63) is 0 Å². The van der Waals surface area contributed by atoms with Crippen LogP contribution in [-0.4, -0.2) is 46.6 Å². The zero-order valence-electron chi connectivity index (χ0n) is 12.3. The first-order valence-electron chi connectivity index (χ1n) is 7.17. The Morgan fingerprint density at radius 2 is 2.05 bits per heavy atom. The molecule has 1 saturated heterocycles. The molecular formula is C14H26N2O3. The smallest absolute Gasteiger partial charge is 0.321 e. The molecule has 110 valence electrons. The van der Waals surface area contributed by atoms with Crippen LogP contribution in [0.15, 0.2) is 0 Å². The predicted octanol–water partition coefficient (Wildman–Crippen LogP) is 1.47. The SMILES string of the molecule is CCCC(C)NC(=O)C(C)N1CCC(C)C1C(=O)O. The van der Waals surface area contributed by atoms with Gasteiger partial charge in [0.25, 0.3) is 0 Å². The zero-order valence-corrected chi connectivity index (χ0v) is 12.3. The fourth-order valence-corrected chi connectivity index (χ4v) is 2.82. The van der Waals surface area contributed by atoms with E-state index in [0.29, 0.717) is 6.54 Å². The Kier molecular flexibility index (Phi) is 5.79. The molecule has 5 nitrogen and oxygen atoms in total. The van der Waals surface area contributed by atoms with Crippen molar-refractivity contribution in [2.45, 2.75) is 65.1 Å². The number of carbonyl (C=O) groups is 2. The topological polar surface area (TPSA) is 69.6 Å². The molecule has 0 aromatic carbocycles. The van der Waals surface area contributed by atoms with Gasteiger partial charge in [0.15, 0.2) is 0 Å². The number of hydrogen-bond acceptors (Lipinski definition) is 3. The van der Waals surface area contributed by atoms with Crippen molar-refractivity contribution in [3.8, 4) is 0 Å². The van der Waals surface area contributed by atoms with Gasteiger partial charge in [0, 0.05) is 12.6 Å². The molecule has 19 heavy (non-hydrogen) atoms. The Bertz CT molecular complexity index is 333. The van der Waals surface area contributed by atoms with Gasteiger partial charge in [-0.1, -0.05) is 20.3 Å². The highest BCUT2D eigenvalue weighted by Gasteiger charge is 2.41. The summed E-state index contributed by atoms with van der Waals surface area (Å²) >= 11 is 0. The molecule has 0 aromatic rings. The average Bonchev–Trinajstić information content (AvgIpc) is 2.70. The first kappa shape index (κ1) is 16.0. The maximum absolute atomic E-state index is 12.1. The van der Waals surface area contributed by atoms with E-state index in [9.17, 15) is 14.7 Å². The average molecular weight is 270 g/mol. The lowest BCUT2D eigenvalue weighted by Crippen LogP contribution is -2.52. The van der Waals surface area contributed by atoms with Gasteiger partial charge in [-0.15, -0.1) is 0 Å². The molecule has 1 heterocycles. The van der Waals surface area contributed by atoms with E-state index in [0.717, 1.165) is 19.3 Å². The number of carboxylic acid groups (broad SMARTS) is 1. The minimum absolute atomic E-state index is 0.0682. The summed E-state index contributed by atoms with van der Waals surface area (Å²) in [7, 11) is 0. The van der Waals surface area contributed by atoms with Crippen LogP contribution in [-0.2, 0) is 9.59 Å². The highest BCUT2D eigenvalue weighted by Crippen LogP contribution is 2.26. The predicted molar refractivity (Wildman–Crippen MR) is 73.9 cm³/mol. The molecule has 0 saturated carbocycles. The van der Waals surface area contributed by atoms with E-state index < -0.39 is 12.0 Å². The Balaban J connectivity index is 2.63. The molecule has 1 amide bonds. The summed E-state index contributed by atoms with van der Waals surface area (Å²) in [4.78, 5) is 25.3. The number of aliphatic carboxylic acids is 1. The van der Waals surface area contributed by atoms with E-state index in [4.69, 9.17) is 0 Å². The molecule has 4 unspecified atom stereocenters. The summed E-state index contributed by atoms with van der Waals surface area (Å²) in [5.41, 5.74) is 0. The molecule has 0 aliphatic carbocycles. The molecule has 2 N–H and O–H groups in total. The molecule has 0 radical (unpaired) electrons. The largest absolute Gasteiger partial charge is 0.480 e. The van der Waals surface area contributed by atoms with Crippen LogP contribution in [0, 0.1) is 5.92 Å². The fraction of sp³-hybridized carbons (Fsp3) is 0.857. The lowest BCUT2D eigenvalue weighted by atomic mass is 10.0. The molecule has 1 rings (SSSR count). The van der Waals surface area contributed by atoms with Crippen molar-refractivity contribution in [3.63, 3.8) is 0 Å². The van der Waals surface area contributed by atoms with Crippen LogP contribution >= 0.6 is 0 Å². The van der Waals surface area contributed by atoms with Crippen molar-refractivity contribution in [1.29, 1.82) is 0 Å². The molecule has 5 heteroatoms. The van der Waals surface area contributed by atoms with Crippen LogP contribution in [0.2, 0.25) is 0 Å². The van der Waals surface area contributed by atoms with Gasteiger partial charge in [-0.2, -0.15) is 0 Å². The van der Waals surface area contributed by atoms with Crippen molar-refractivity contribution < 1.29 is 14.7 Å². The molecule has 0 aromatic heterocycles. The summed E-state index contributed by atoms with van der Waals surface area (Å²) < 4.78 is 0. The van der Waals surface area contributed by atoms with Crippen molar-refractivity contribution in [2.75, 3.05) is 6.54 Å². The quantitative estimate of drug-likeness (QED) is 0.767. The summed E-state index contributed by atoms with van der Waals surface area (Å²) in [6.45, 7) is 8.46. The Morgan fingerprint density at radius 3 is 2.58 bits per heavy atom. The van der Waals surface area contributed by atoms with E-state index in [2.05, 4.69) is 12.2 Å². The minimum Gasteiger partial charge on any atom is -0.480 e. The van der Waals surface area contributed by atoms with Gasteiger partial charge in [0.2, 0.25) is 5.91 Å². The standard InChI is InChI=1S/C14H26N2O3/c1-5-6-10(3)15-13(17)11(4)16-8-7-9(2)12(16)14(18)19/h9-12H,5-8H2,1-4H3,(H,15,17)(H,18,19). The Hall–Kier alpha value is -1.10. The van der Waals surface area contributed by atoms with E-state index in [1.807, 2.05) is 13.8 Å². The summed E-state index contributed by atoms with van der Waals surface area (Å²) in [5.74, 6) is -0.798. The van der Waals surface area contributed by atoms with E-state index >= 15 is 0 Å². The van der Waals surface area contributed by atoms with Crippen molar-refractivity contribution >= 4 is 11.9 Å². The number of carbonyl (C=O) groups excluding carboxylic acids is 1. The summed E-state index contributed by atoms with van der Waals surface area (Å²) in [6.07, 6.45) is 2.80. The maximum Gasteiger partial charge on any atom is 0.321 e. The highest BCUT2D eigenvalue weighted by atomic mass is 16.4. The van der Waals surface area contributed by atoms with Gasteiger partial charge in [-0.3, -0.25) is 14.5 Å². The number of carboxylic acids is 1. The van der Waals surface area contributed by atoms with Gasteiger partial charge in [-0.05, 0) is 32.6 Å². The van der Waals surface area contributed by atoms with Crippen LogP contribution in [0.1, 0.15) is 47.0 Å². The van der Waals surface area contributed by atoms with Gasteiger partial charge in [0.1, 0.15) is 6.04 Å². The summed E-state index contributed by atoms with van der Waals surface area (Å²) in [6, 6.07) is -0.782. The molecule has 1 aliphatic heterocycles. The molecule has 4 atom stereocenters. The fourth-order valence-electron chi connectivity index (χ4n) is 2.82. The Morgan fingerprint density at radius 1 is 1.42 bits per heavy atom. The third-order valence-electron chi connectivity index (χ3n) is 3.98. The number of likely N-dealkylation sites (tertiary alicyclic amines) is 1. The normalized spacial score (nSPS) is 26.9. The zero-order chi connectivity index (χ0) is 14.6. The first-order chi connectivity index (χ1) is 8.88. The van der Waals surface area contributed by atoms with Crippen molar-refractivity contribution in [2.24, 2.45) is 5.92 Å². The molecular weight excluding hydrogens is 244 g/mol. The first-order valence-corrected chi connectivity index (χ1v) is 7.17. The third-order valence-corrected chi connectivity index (χ3v) is 3.98. The van der Waals surface area contributed by atoms with Gasteiger partial charge in [0.05, 0.1) is 6.04 Å². The Labute approximate surface area is 115 Å². The van der Waals surface area contributed by atoms with Crippen LogP contribution in [0.3, 0.4) is 0 Å². The summed E-state index contributed by atoms with van der Waals surface area (Å²) in [5, 5.41) is 12.2. The van der Waals surface area contributed by atoms with Gasteiger partial charge >= 0.3 is 5.97 Å². The van der Waals surface area contributed by atoms with Gasteiger partial charge < -0.3 is 10.4 Å². The van der Waals surface area contributed by atoms with E-state index in [-0.39, 0.29) is 23.9 Å². The lowest BCUT2D eigenvalue weighted by molar-refractivity contribution is -0.145. The number of rotatable bonds is 6. The molecule has 1 fully saturated rings. The maximum atomic E-state index is 12.1. The lowest BCUT2D eigenvalue weighted by Gasteiger charge is -2.29. The minimum atomic E-state index is -0.828. The van der Waals surface area contributed by atoms with E-state index in [1.165, 1.54) is 0 Å². The van der Waals surface area contributed by atoms with Gasteiger partial charge in [-0.25, -0.2) is 0 Å². The van der Waals surface area contributed by atoms with Crippen LogP contribution in [0.25, 0.3) is 0 Å². The molecule has 0 spiro atoms. The molecule has 0 bridgehead atoms. The number of amides is 1. The molecule has 1 aliphatic rings. The number of nitrogens with zero attached hydrogens (tertiary/aromatic N) is 1. The van der Waals surface area contributed by atoms with E-state index in [1.54, 1.807) is 11.8 Å². The van der Waals surface area contributed by atoms with Crippen LogP contribution < -0.4 is 5.32 Å². The van der Waals surface area contributed by atoms with Crippen LogP contribution in [0.4, 0.5) is 0 Å². The van der Waals surface area contributed by atoms with Crippen LogP contribution in [0.5, 0.6) is 0 Å². The van der Waals surface area contributed by atoms with Crippen molar-refractivity contribution in [1.82, 2.24) is 10.2 Å². The second-order valence-electron chi connectivity index (χ2n) is 5.66.